The van der Waals surface area contributed by atoms with Crippen molar-refractivity contribution in [2.45, 2.75) is 27.7 Å². The summed E-state index contributed by atoms with van der Waals surface area (Å²) in [6, 6.07) is 0. The minimum atomic E-state index is 0.530. The van der Waals surface area contributed by atoms with Crippen molar-refractivity contribution in [2.24, 2.45) is 11.8 Å². The molecule has 3 heteroatoms. The maximum absolute atomic E-state index is 2.28. The van der Waals surface area contributed by atoms with Gasteiger partial charge in [-0.15, -0.1) is 0 Å². The summed E-state index contributed by atoms with van der Waals surface area (Å²) in [6.07, 6.45) is 10.6. The Bertz CT molecular complexity index is 339. The van der Waals surface area contributed by atoms with Crippen LogP contribution in [0.2, 0.25) is 0 Å². The normalized spacial score (nSPS) is 18.9. The minimum Gasteiger partial charge on any atom is -0.272 e. The zero-order valence-electron chi connectivity index (χ0n) is 10.6. The Morgan fingerprint density at radius 2 is 1.81 bits per heavy atom. The van der Waals surface area contributed by atoms with Gasteiger partial charge in [-0.25, -0.2) is 5.01 Å². The van der Waals surface area contributed by atoms with Gasteiger partial charge in [-0.3, -0.25) is 5.01 Å². The lowest BCUT2D eigenvalue weighted by Gasteiger charge is -2.40. The van der Waals surface area contributed by atoms with Crippen molar-refractivity contribution in [1.29, 1.82) is 0 Å². The molecule has 0 saturated heterocycles. The van der Waals surface area contributed by atoms with Gasteiger partial charge < -0.3 is 0 Å². The molecule has 0 aliphatic carbocycles. The van der Waals surface area contributed by atoms with Crippen LogP contribution in [0.1, 0.15) is 27.7 Å². The molecule has 0 saturated carbocycles. The summed E-state index contributed by atoms with van der Waals surface area (Å²) in [7, 11) is 0. The smallest absolute Gasteiger partial charge is 0.0619 e. The standard InChI is InChI=1S/C13H21N3/c1-11(2)10-15-9-8-14-7-5-6-13(12(3)4)16(14)15/h5-9,11-12H,10H2,1-4H3. The number of allylic oxidation sites excluding steroid dienone is 3. The monoisotopic (exact) mass is 219 g/mol. The molecule has 3 nitrogen and oxygen atoms in total. The third-order valence-corrected chi connectivity index (χ3v) is 2.73. The summed E-state index contributed by atoms with van der Waals surface area (Å²) >= 11 is 0. The highest BCUT2D eigenvalue weighted by Crippen LogP contribution is 2.28. The predicted molar refractivity (Wildman–Crippen MR) is 66.4 cm³/mol. The van der Waals surface area contributed by atoms with Gasteiger partial charge in [0, 0.05) is 25.1 Å². The van der Waals surface area contributed by atoms with Gasteiger partial charge in [-0.05, 0) is 24.0 Å². The molecule has 0 aromatic rings. The van der Waals surface area contributed by atoms with Gasteiger partial charge in [-0.2, -0.15) is 5.12 Å². The van der Waals surface area contributed by atoms with Crippen LogP contribution in [-0.2, 0) is 0 Å². The Labute approximate surface area is 98.3 Å². The van der Waals surface area contributed by atoms with Gasteiger partial charge in [0.05, 0.1) is 5.70 Å². The Kier molecular flexibility index (Phi) is 2.95. The third kappa shape index (κ3) is 1.94. The van der Waals surface area contributed by atoms with Crippen LogP contribution in [-0.4, -0.2) is 21.7 Å². The molecule has 2 rings (SSSR count). The number of hydrogen-bond acceptors (Lipinski definition) is 3. The first-order chi connectivity index (χ1) is 7.59. The molecule has 0 atom stereocenters. The summed E-state index contributed by atoms with van der Waals surface area (Å²) in [5.74, 6) is 1.19. The fourth-order valence-electron chi connectivity index (χ4n) is 2.03. The summed E-state index contributed by atoms with van der Waals surface area (Å²) in [5.41, 5.74) is 1.34. The highest BCUT2D eigenvalue weighted by Gasteiger charge is 2.27. The molecular weight excluding hydrogens is 198 g/mol. The average Bonchev–Trinajstić information content (AvgIpc) is 2.60. The molecular formula is C13H21N3. The van der Waals surface area contributed by atoms with Crippen molar-refractivity contribution in [3.05, 3.63) is 36.4 Å². The first-order valence-corrected chi connectivity index (χ1v) is 6.01. The Morgan fingerprint density at radius 1 is 1.06 bits per heavy atom. The topological polar surface area (TPSA) is 9.72 Å². The van der Waals surface area contributed by atoms with Crippen LogP contribution in [0.4, 0.5) is 0 Å². The number of hydrazine groups is 2. The predicted octanol–water partition coefficient (Wildman–Crippen LogP) is 2.93. The van der Waals surface area contributed by atoms with Crippen molar-refractivity contribution in [2.75, 3.05) is 6.54 Å². The lowest BCUT2D eigenvalue weighted by Crippen LogP contribution is -2.45. The van der Waals surface area contributed by atoms with Crippen molar-refractivity contribution in [3.63, 3.8) is 0 Å². The van der Waals surface area contributed by atoms with Crippen LogP contribution < -0.4 is 0 Å². The van der Waals surface area contributed by atoms with E-state index in [0.29, 0.717) is 11.8 Å². The lowest BCUT2D eigenvalue weighted by atomic mass is 10.1. The fraction of sp³-hybridized carbons (Fsp3) is 0.538. The second-order valence-corrected chi connectivity index (χ2v) is 5.07. The van der Waals surface area contributed by atoms with E-state index in [1.165, 1.54) is 5.70 Å². The van der Waals surface area contributed by atoms with E-state index in [0.717, 1.165) is 6.54 Å². The summed E-state index contributed by atoms with van der Waals surface area (Å²) in [5, 5.41) is 6.67. The molecule has 0 unspecified atom stereocenters. The third-order valence-electron chi connectivity index (χ3n) is 2.73. The molecule has 2 aliphatic heterocycles. The number of rotatable bonds is 3. The summed E-state index contributed by atoms with van der Waals surface area (Å²) in [4.78, 5) is 0. The van der Waals surface area contributed by atoms with Crippen LogP contribution in [0, 0.1) is 11.8 Å². The molecule has 0 N–H and O–H groups in total. The number of nitrogens with zero attached hydrogens (tertiary/aromatic N) is 3. The quantitative estimate of drug-likeness (QED) is 0.722. The van der Waals surface area contributed by atoms with E-state index in [9.17, 15) is 0 Å². The Morgan fingerprint density at radius 3 is 2.44 bits per heavy atom. The van der Waals surface area contributed by atoms with Crippen LogP contribution in [0.25, 0.3) is 0 Å². The van der Waals surface area contributed by atoms with Crippen LogP contribution in [0.5, 0.6) is 0 Å². The van der Waals surface area contributed by atoms with E-state index in [2.05, 4.69) is 73.6 Å². The Hall–Kier alpha value is -1.38. The molecule has 0 amide bonds. The van der Waals surface area contributed by atoms with Crippen molar-refractivity contribution in [3.8, 4) is 0 Å². The molecule has 2 aliphatic rings. The lowest BCUT2D eigenvalue weighted by molar-refractivity contribution is -0.0628. The first-order valence-electron chi connectivity index (χ1n) is 6.01. The van der Waals surface area contributed by atoms with Gasteiger partial charge in [0.25, 0.3) is 0 Å². The summed E-state index contributed by atoms with van der Waals surface area (Å²) < 4.78 is 0. The maximum Gasteiger partial charge on any atom is 0.0619 e. The highest BCUT2D eigenvalue weighted by molar-refractivity contribution is 5.20. The van der Waals surface area contributed by atoms with E-state index < -0.39 is 0 Å². The van der Waals surface area contributed by atoms with E-state index in [1.54, 1.807) is 0 Å². The van der Waals surface area contributed by atoms with Gasteiger partial charge in [0.2, 0.25) is 0 Å². The van der Waals surface area contributed by atoms with Gasteiger partial charge in [-0.1, -0.05) is 27.7 Å². The summed E-state index contributed by atoms with van der Waals surface area (Å²) in [6.45, 7) is 10.00. The molecule has 0 radical (unpaired) electrons. The molecule has 88 valence electrons. The Balaban J connectivity index is 2.18. The van der Waals surface area contributed by atoms with Crippen molar-refractivity contribution in [1.82, 2.24) is 15.1 Å². The van der Waals surface area contributed by atoms with Gasteiger partial charge >= 0.3 is 0 Å². The van der Waals surface area contributed by atoms with E-state index in [-0.39, 0.29) is 0 Å². The molecule has 0 aromatic heterocycles. The fourth-order valence-corrected chi connectivity index (χ4v) is 2.03. The molecule has 16 heavy (non-hydrogen) atoms. The van der Waals surface area contributed by atoms with Crippen LogP contribution in [0.15, 0.2) is 36.4 Å². The van der Waals surface area contributed by atoms with Gasteiger partial charge in [0.1, 0.15) is 0 Å². The molecule has 0 bridgehead atoms. The van der Waals surface area contributed by atoms with Crippen LogP contribution in [0.3, 0.4) is 0 Å². The molecule has 2 heterocycles. The zero-order chi connectivity index (χ0) is 11.7. The molecule has 0 fully saturated rings. The largest absolute Gasteiger partial charge is 0.272 e. The maximum atomic E-state index is 2.28. The number of hydrogen-bond donors (Lipinski definition) is 0. The van der Waals surface area contributed by atoms with Crippen LogP contribution >= 0.6 is 0 Å². The van der Waals surface area contributed by atoms with E-state index in [1.807, 2.05) is 0 Å². The van der Waals surface area contributed by atoms with Crippen molar-refractivity contribution < 1.29 is 0 Å². The van der Waals surface area contributed by atoms with E-state index in [4.69, 9.17) is 0 Å². The number of fused-ring (bicyclic) bond motifs is 1. The second kappa shape index (κ2) is 4.24. The molecule has 0 aromatic carbocycles. The van der Waals surface area contributed by atoms with Crippen molar-refractivity contribution >= 4 is 0 Å². The van der Waals surface area contributed by atoms with E-state index >= 15 is 0 Å². The zero-order valence-corrected chi connectivity index (χ0v) is 10.6. The SMILES string of the molecule is CC(C)CN1C=CN2C=CC=C(C(C)C)N21. The minimum absolute atomic E-state index is 0.530. The second-order valence-electron chi connectivity index (χ2n) is 5.07. The average molecular weight is 219 g/mol. The van der Waals surface area contributed by atoms with Gasteiger partial charge in [0.15, 0.2) is 0 Å². The highest BCUT2D eigenvalue weighted by atomic mass is 15.9. The molecule has 0 spiro atoms. The first kappa shape index (κ1) is 11.1.